The molecular formula is C15H21FN2O2. The largest absolute Gasteiger partial charge is 0.370 e. The zero-order valence-corrected chi connectivity index (χ0v) is 11.7. The Morgan fingerprint density at radius 1 is 1.50 bits per heavy atom. The number of halogens is 1. The first-order valence-electron chi connectivity index (χ1n) is 7.00. The number of rotatable bonds is 4. The maximum atomic E-state index is 12.9. The standard InChI is InChI=1S/C15H21FN2O2/c1-2-13(17)9-15(19)18-7-8-20-14(10-18)11-3-5-12(16)6-4-11/h3-6,13-14H,2,7-10,17H2,1H3. The van der Waals surface area contributed by atoms with Crippen LogP contribution in [0.15, 0.2) is 24.3 Å². The zero-order chi connectivity index (χ0) is 14.5. The molecule has 1 heterocycles. The van der Waals surface area contributed by atoms with Crippen molar-refractivity contribution in [2.75, 3.05) is 19.7 Å². The first kappa shape index (κ1) is 14.9. The van der Waals surface area contributed by atoms with Gasteiger partial charge in [-0.2, -0.15) is 0 Å². The second kappa shape index (κ2) is 6.81. The Kier molecular flexibility index (Phi) is 5.09. The van der Waals surface area contributed by atoms with Crippen LogP contribution in [-0.2, 0) is 9.53 Å². The molecule has 1 amide bonds. The Labute approximate surface area is 118 Å². The van der Waals surface area contributed by atoms with E-state index in [0.717, 1.165) is 12.0 Å². The Balaban J connectivity index is 1.97. The van der Waals surface area contributed by atoms with Crippen molar-refractivity contribution in [3.05, 3.63) is 35.6 Å². The lowest BCUT2D eigenvalue weighted by molar-refractivity contribution is -0.139. The number of morpholine rings is 1. The van der Waals surface area contributed by atoms with E-state index in [9.17, 15) is 9.18 Å². The zero-order valence-electron chi connectivity index (χ0n) is 11.7. The third kappa shape index (κ3) is 3.77. The molecule has 0 aromatic heterocycles. The maximum Gasteiger partial charge on any atom is 0.224 e. The lowest BCUT2D eigenvalue weighted by atomic mass is 10.1. The van der Waals surface area contributed by atoms with Gasteiger partial charge in [0.2, 0.25) is 5.91 Å². The molecule has 0 radical (unpaired) electrons. The summed E-state index contributed by atoms with van der Waals surface area (Å²) in [5.41, 5.74) is 6.71. The summed E-state index contributed by atoms with van der Waals surface area (Å²) in [6.07, 6.45) is 0.968. The number of benzene rings is 1. The van der Waals surface area contributed by atoms with E-state index in [-0.39, 0.29) is 23.9 Å². The molecule has 4 nitrogen and oxygen atoms in total. The molecule has 0 spiro atoms. The minimum absolute atomic E-state index is 0.0646. The van der Waals surface area contributed by atoms with Crippen LogP contribution in [0.4, 0.5) is 4.39 Å². The Hall–Kier alpha value is -1.46. The van der Waals surface area contributed by atoms with E-state index in [4.69, 9.17) is 10.5 Å². The van der Waals surface area contributed by atoms with Crippen LogP contribution in [0, 0.1) is 5.82 Å². The van der Waals surface area contributed by atoms with Gasteiger partial charge in [0.05, 0.1) is 13.2 Å². The molecule has 0 saturated carbocycles. The van der Waals surface area contributed by atoms with Crippen LogP contribution in [0.1, 0.15) is 31.4 Å². The Morgan fingerprint density at radius 2 is 2.20 bits per heavy atom. The van der Waals surface area contributed by atoms with Crippen molar-refractivity contribution in [2.24, 2.45) is 5.73 Å². The number of amides is 1. The van der Waals surface area contributed by atoms with Crippen molar-refractivity contribution in [1.29, 1.82) is 0 Å². The van der Waals surface area contributed by atoms with Gasteiger partial charge >= 0.3 is 0 Å². The minimum atomic E-state index is -0.272. The molecule has 2 unspecified atom stereocenters. The molecule has 1 aliphatic heterocycles. The summed E-state index contributed by atoms with van der Waals surface area (Å²) in [7, 11) is 0. The van der Waals surface area contributed by atoms with Crippen molar-refractivity contribution in [2.45, 2.75) is 31.9 Å². The van der Waals surface area contributed by atoms with Crippen LogP contribution in [-0.4, -0.2) is 36.5 Å². The predicted molar refractivity (Wildman–Crippen MR) is 74.6 cm³/mol. The van der Waals surface area contributed by atoms with E-state index in [1.165, 1.54) is 12.1 Å². The van der Waals surface area contributed by atoms with E-state index in [0.29, 0.717) is 26.1 Å². The Morgan fingerprint density at radius 3 is 2.85 bits per heavy atom. The van der Waals surface area contributed by atoms with Crippen LogP contribution in [0.25, 0.3) is 0 Å². The van der Waals surface area contributed by atoms with Gasteiger partial charge < -0.3 is 15.4 Å². The second-order valence-electron chi connectivity index (χ2n) is 5.12. The monoisotopic (exact) mass is 280 g/mol. The molecule has 0 aliphatic carbocycles. The molecular weight excluding hydrogens is 259 g/mol. The summed E-state index contributed by atoms with van der Waals surface area (Å²) >= 11 is 0. The third-order valence-electron chi connectivity index (χ3n) is 3.62. The lowest BCUT2D eigenvalue weighted by Gasteiger charge is -2.33. The number of ether oxygens (including phenoxy) is 1. The van der Waals surface area contributed by atoms with Gasteiger partial charge in [-0.3, -0.25) is 4.79 Å². The first-order chi connectivity index (χ1) is 9.60. The van der Waals surface area contributed by atoms with Gasteiger partial charge in [-0.05, 0) is 24.1 Å². The summed E-state index contributed by atoms with van der Waals surface area (Å²) in [6, 6.07) is 6.13. The topological polar surface area (TPSA) is 55.6 Å². The fourth-order valence-corrected chi connectivity index (χ4v) is 2.25. The SMILES string of the molecule is CCC(N)CC(=O)N1CCOC(c2ccc(F)cc2)C1. The van der Waals surface area contributed by atoms with E-state index in [1.54, 1.807) is 17.0 Å². The van der Waals surface area contributed by atoms with Crippen molar-refractivity contribution < 1.29 is 13.9 Å². The average molecular weight is 280 g/mol. The third-order valence-corrected chi connectivity index (χ3v) is 3.62. The molecule has 110 valence electrons. The number of carbonyl (C=O) groups is 1. The molecule has 1 saturated heterocycles. The molecule has 2 N–H and O–H groups in total. The number of nitrogens with zero attached hydrogens (tertiary/aromatic N) is 1. The van der Waals surface area contributed by atoms with Gasteiger partial charge in [-0.1, -0.05) is 19.1 Å². The smallest absolute Gasteiger partial charge is 0.224 e. The predicted octanol–water partition coefficient (Wildman–Crippen LogP) is 1.85. The lowest BCUT2D eigenvalue weighted by Crippen LogP contribution is -2.44. The van der Waals surface area contributed by atoms with E-state index in [1.807, 2.05) is 6.92 Å². The van der Waals surface area contributed by atoms with Crippen LogP contribution < -0.4 is 5.73 Å². The maximum absolute atomic E-state index is 12.9. The fraction of sp³-hybridized carbons (Fsp3) is 0.533. The highest BCUT2D eigenvalue weighted by molar-refractivity contribution is 5.77. The molecule has 1 aliphatic rings. The molecule has 2 rings (SSSR count). The van der Waals surface area contributed by atoms with E-state index >= 15 is 0 Å². The van der Waals surface area contributed by atoms with Crippen LogP contribution >= 0.6 is 0 Å². The molecule has 1 fully saturated rings. The summed E-state index contributed by atoms with van der Waals surface area (Å²) < 4.78 is 18.6. The summed E-state index contributed by atoms with van der Waals surface area (Å²) in [4.78, 5) is 13.9. The highest BCUT2D eigenvalue weighted by Gasteiger charge is 2.25. The van der Waals surface area contributed by atoms with E-state index in [2.05, 4.69) is 0 Å². The van der Waals surface area contributed by atoms with Gasteiger partial charge in [-0.25, -0.2) is 4.39 Å². The van der Waals surface area contributed by atoms with Crippen LogP contribution in [0.2, 0.25) is 0 Å². The minimum Gasteiger partial charge on any atom is -0.370 e. The molecule has 2 atom stereocenters. The molecule has 1 aromatic rings. The summed E-state index contributed by atoms with van der Waals surface area (Å²) in [5.74, 6) is -0.207. The quantitative estimate of drug-likeness (QED) is 0.915. The van der Waals surface area contributed by atoms with Crippen LogP contribution in [0.5, 0.6) is 0 Å². The van der Waals surface area contributed by atoms with Gasteiger partial charge in [0.15, 0.2) is 0 Å². The van der Waals surface area contributed by atoms with Crippen molar-refractivity contribution >= 4 is 5.91 Å². The molecule has 5 heteroatoms. The number of hydrogen-bond acceptors (Lipinski definition) is 3. The Bertz CT molecular complexity index is 450. The highest BCUT2D eigenvalue weighted by Crippen LogP contribution is 2.23. The van der Waals surface area contributed by atoms with Gasteiger partial charge in [0.1, 0.15) is 11.9 Å². The average Bonchev–Trinajstić information content (AvgIpc) is 2.48. The molecule has 20 heavy (non-hydrogen) atoms. The fourth-order valence-electron chi connectivity index (χ4n) is 2.25. The number of carbonyl (C=O) groups excluding carboxylic acids is 1. The number of hydrogen-bond donors (Lipinski definition) is 1. The molecule has 1 aromatic carbocycles. The number of nitrogens with two attached hydrogens (primary N) is 1. The van der Waals surface area contributed by atoms with Gasteiger partial charge in [0.25, 0.3) is 0 Å². The summed E-state index contributed by atoms with van der Waals surface area (Å²) in [5, 5.41) is 0. The first-order valence-corrected chi connectivity index (χ1v) is 7.00. The van der Waals surface area contributed by atoms with Crippen molar-refractivity contribution in [1.82, 2.24) is 4.90 Å². The highest BCUT2D eigenvalue weighted by atomic mass is 19.1. The summed E-state index contributed by atoms with van der Waals surface area (Å²) in [6.45, 7) is 3.56. The van der Waals surface area contributed by atoms with Gasteiger partial charge in [0, 0.05) is 19.0 Å². The van der Waals surface area contributed by atoms with E-state index < -0.39 is 0 Å². The normalized spacial score (nSPS) is 20.8. The van der Waals surface area contributed by atoms with Crippen LogP contribution in [0.3, 0.4) is 0 Å². The molecule has 0 bridgehead atoms. The van der Waals surface area contributed by atoms with Crippen molar-refractivity contribution in [3.8, 4) is 0 Å². The van der Waals surface area contributed by atoms with Crippen molar-refractivity contribution in [3.63, 3.8) is 0 Å². The van der Waals surface area contributed by atoms with Gasteiger partial charge in [-0.15, -0.1) is 0 Å². The second-order valence-corrected chi connectivity index (χ2v) is 5.12.